The highest BCUT2D eigenvalue weighted by atomic mass is 32.2. The number of nitrogens with one attached hydrogen (secondary N) is 1. The molecule has 164 valence electrons. The second kappa shape index (κ2) is 14.0. The Morgan fingerprint density at radius 1 is 0.767 bits per heavy atom. The van der Waals surface area contributed by atoms with Crippen molar-refractivity contribution in [2.75, 3.05) is 0 Å². The van der Waals surface area contributed by atoms with Gasteiger partial charge in [-0.15, -0.1) is 0 Å². The molecule has 0 amide bonds. The minimum atomic E-state index is -3.64. The number of rotatable bonds is 15. The Morgan fingerprint density at radius 3 is 1.93 bits per heavy atom. The summed E-state index contributed by atoms with van der Waals surface area (Å²) in [6, 6.07) is 16.5. The van der Waals surface area contributed by atoms with Crippen molar-refractivity contribution in [2.45, 2.75) is 82.4 Å². The van der Waals surface area contributed by atoms with E-state index in [0.29, 0.717) is 0 Å². The van der Waals surface area contributed by atoms with Gasteiger partial charge in [0.05, 0.1) is 11.1 Å². The molecule has 2 aromatic rings. The Morgan fingerprint density at radius 2 is 1.33 bits per heavy atom. The third kappa shape index (κ3) is 9.57. The molecule has 0 aliphatic rings. The number of unbranched alkanes of at least 4 members (excludes halogenated alkanes) is 9. The van der Waals surface area contributed by atoms with Gasteiger partial charge in [0, 0.05) is 0 Å². The van der Waals surface area contributed by atoms with E-state index in [2.05, 4.69) is 16.9 Å². The van der Waals surface area contributed by atoms with E-state index in [4.69, 9.17) is 0 Å². The van der Waals surface area contributed by atoms with Gasteiger partial charge in [-0.2, -0.15) is 13.5 Å². The molecule has 0 atom stereocenters. The van der Waals surface area contributed by atoms with E-state index in [9.17, 15) is 8.42 Å². The van der Waals surface area contributed by atoms with Crippen LogP contribution in [0.1, 0.15) is 82.3 Å². The van der Waals surface area contributed by atoms with Crippen molar-refractivity contribution < 1.29 is 8.42 Å². The molecule has 0 aromatic heterocycles. The highest BCUT2D eigenvalue weighted by Crippen LogP contribution is 2.15. The standard InChI is InChI=1S/C25H36N2O2S/c1-2-3-4-5-6-7-8-9-10-12-15-23-18-20-25(21-19-23)30(28,29)27-26-22-24-16-13-11-14-17-24/h11,13-14,16-22,27H,2-10,12,15H2,1H3. The third-order valence-electron chi connectivity index (χ3n) is 5.24. The third-order valence-corrected chi connectivity index (χ3v) is 6.48. The van der Waals surface area contributed by atoms with Crippen LogP contribution in [0.25, 0.3) is 0 Å². The average molecular weight is 429 g/mol. The van der Waals surface area contributed by atoms with Crippen LogP contribution in [0.5, 0.6) is 0 Å². The number of hydrogen-bond acceptors (Lipinski definition) is 3. The molecule has 0 saturated heterocycles. The second-order valence-corrected chi connectivity index (χ2v) is 9.50. The van der Waals surface area contributed by atoms with Crippen LogP contribution in [0.15, 0.2) is 64.6 Å². The molecule has 0 bridgehead atoms. The first-order chi connectivity index (χ1) is 14.6. The maximum atomic E-state index is 12.4. The summed E-state index contributed by atoms with van der Waals surface area (Å²) in [6.07, 6.45) is 15.7. The van der Waals surface area contributed by atoms with Crippen LogP contribution in [0.2, 0.25) is 0 Å². The maximum absolute atomic E-state index is 12.4. The largest absolute Gasteiger partial charge is 0.276 e. The number of nitrogens with zero attached hydrogens (tertiary/aromatic N) is 1. The number of sulfonamides is 1. The summed E-state index contributed by atoms with van der Waals surface area (Å²) in [5.74, 6) is 0. The summed E-state index contributed by atoms with van der Waals surface area (Å²) in [7, 11) is -3.64. The van der Waals surface area contributed by atoms with Crippen molar-refractivity contribution in [2.24, 2.45) is 5.10 Å². The molecule has 1 N–H and O–H groups in total. The molecule has 0 aliphatic carbocycles. The quantitative estimate of drug-likeness (QED) is 0.201. The lowest BCUT2D eigenvalue weighted by Crippen LogP contribution is -2.18. The van der Waals surface area contributed by atoms with E-state index in [-0.39, 0.29) is 4.90 Å². The fraction of sp³-hybridized carbons (Fsp3) is 0.480. The Hall–Kier alpha value is -2.14. The van der Waals surface area contributed by atoms with E-state index in [0.717, 1.165) is 18.4 Å². The number of benzene rings is 2. The summed E-state index contributed by atoms with van der Waals surface area (Å²) < 4.78 is 24.7. The zero-order chi connectivity index (χ0) is 21.5. The molecule has 0 spiro atoms. The van der Waals surface area contributed by atoms with E-state index in [1.165, 1.54) is 69.6 Å². The highest BCUT2D eigenvalue weighted by molar-refractivity contribution is 7.89. The van der Waals surface area contributed by atoms with Crippen LogP contribution in [-0.4, -0.2) is 14.6 Å². The molecular weight excluding hydrogens is 392 g/mol. The first-order valence-corrected chi connectivity index (χ1v) is 12.8. The van der Waals surface area contributed by atoms with Crippen LogP contribution >= 0.6 is 0 Å². The van der Waals surface area contributed by atoms with Gasteiger partial charge >= 0.3 is 0 Å². The Balaban J connectivity index is 1.66. The van der Waals surface area contributed by atoms with Crippen LogP contribution in [0.4, 0.5) is 0 Å². The molecule has 0 aliphatic heterocycles. The minimum absolute atomic E-state index is 0.236. The van der Waals surface area contributed by atoms with Gasteiger partial charge in [-0.05, 0) is 36.1 Å². The number of hydrogen-bond donors (Lipinski definition) is 1. The van der Waals surface area contributed by atoms with Crippen molar-refractivity contribution in [3.8, 4) is 0 Å². The van der Waals surface area contributed by atoms with Gasteiger partial charge in [-0.3, -0.25) is 0 Å². The van der Waals surface area contributed by atoms with E-state index >= 15 is 0 Å². The molecule has 0 radical (unpaired) electrons. The predicted octanol–water partition coefficient (Wildman–Crippen LogP) is 6.46. The lowest BCUT2D eigenvalue weighted by atomic mass is 10.0. The van der Waals surface area contributed by atoms with Gasteiger partial charge < -0.3 is 0 Å². The highest BCUT2D eigenvalue weighted by Gasteiger charge is 2.12. The van der Waals surface area contributed by atoms with Gasteiger partial charge in [-0.1, -0.05) is 107 Å². The molecule has 2 aromatic carbocycles. The fourth-order valence-corrected chi connectivity index (χ4v) is 4.21. The van der Waals surface area contributed by atoms with Gasteiger partial charge in [0.25, 0.3) is 10.0 Å². The lowest BCUT2D eigenvalue weighted by Gasteiger charge is -2.06. The molecule has 2 rings (SSSR count). The van der Waals surface area contributed by atoms with Gasteiger partial charge in [0.1, 0.15) is 0 Å². The number of hydrazone groups is 1. The fourth-order valence-electron chi connectivity index (χ4n) is 3.41. The molecule has 30 heavy (non-hydrogen) atoms. The second-order valence-electron chi connectivity index (χ2n) is 7.84. The smallest absolute Gasteiger partial charge is 0.200 e. The summed E-state index contributed by atoms with van der Waals surface area (Å²) in [6.45, 7) is 2.26. The Kier molecular flexibility index (Phi) is 11.2. The molecule has 0 unspecified atom stereocenters. The van der Waals surface area contributed by atoms with Gasteiger partial charge in [0.2, 0.25) is 0 Å². The van der Waals surface area contributed by atoms with Crippen molar-refractivity contribution in [3.63, 3.8) is 0 Å². The van der Waals surface area contributed by atoms with Gasteiger partial charge in [0.15, 0.2) is 0 Å². The van der Waals surface area contributed by atoms with Crippen molar-refractivity contribution in [3.05, 3.63) is 65.7 Å². The first-order valence-electron chi connectivity index (χ1n) is 11.3. The van der Waals surface area contributed by atoms with Crippen LogP contribution in [0.3, 0.4) is 0 Å². The van der Waals surface area contributed by atoms with E-state index < -0.39 is 10.0 Å². The molecule has 0 heterocycles. The van der Waals surface area contributed by atoms with Crippen molar-refractivity contribution in [1.29, 1.82) is 0 Å². The molecule has 4 nitrogen and oxygen atoms in total. The Bertz CT molecular complexity index is 831. The van der Waals surface area contributed by atoms with Crippen molar-refractivity contribution in [1.82, 2.24) is 4.83 Å². The number of aryl methyl sites for hydroxylation is 1. The van der Waals surface area contributed by atoms with Crippen molar-refractivity contribution >= 4 is 16.2 Å². The van der Waals surface area contributed by atoms with E-state index in [1.54, 1.807) is 12.1 Å². The zero-order valence-corrected chi connectivity index (χ0v) is 19.0. The monoisotopic (exact) mass is 428 g/mol. The van der Waals surface area contributed by atoms with E-state index in [1.807, 2.05) is 42.5 Å². The molecule has 5 heteroatoms. The normalized spacial score (nSPS) is 11.8. The summed E-state index contributed by atoms with van der Waals surface area (Å²) >= 11 is 0. The molecule has 0 fully saturated rings. The zero-order valence-electron chi connectivity index (χ0n) is 18.2. The minimum Gasteiger partial charge on any atom is -0.200 e. The predicted molar refractivity (Wildman–Crippen MR) is 126 cm³/mol. The van der Waals surface area contributed by atoms with Crippen LogP contribution in [0, 0.1) is 0 Å². The van der Waals surface area contributed by atoms with Crippen LogP contribution in [-0.2, 0) is 16.4 Å². The Labute approximate surface area is 182 Å². The summed E-state index contributed by atoms with van der Waals surface area (Å²) in [4.78, 5) is 2.51. The summed E-state index contributed by atoms with van der Waals surface area (Å²) in [5, 5.41) is 3.85. The van der Waals surface area contributed by atoms with Crippen LogP contribution < -0.4 is 4.83 Å². The maximum Gasteiger partial charge on any atom is 0.276 e. The SMILES string of the molecule is CCCCCCCCCCCCc1ccc(S(=O)(=O)NN=Cc2ccccc2)cc1. The lowest BCUT2D eigenvalue weighted by molar-refractivity contribution is 0.556. The summed E-state index contributed by atoms with van der Waals surface area (Å²) in [5.41, 5.74) is 2.02. The molecule has 0 saturated carbocycles. The van der Waals surface area contributed by atoms with Gasteiger partial charge in [-0.25, -0.2) is 4.83 Å². The first kappa shape index (κ1) is 24.1. The topological polar surface area (TPSA) is 58.5 Å². The average Bonchev–Trinajstić information content (AvgIpc) is 2.76. The molecular formula is C25H36N2O2S.